The molecule has 0 bridgehead atoms. The summed E-state index contributed by atoms with van der Waals surface area (Å²) in [4.78, 5) is 29.5. The molecule has 0 radical (unpaired) electrons. The molecule has 0 spiro atoms. The Bertz CT molecular complexity index is 810. The lowest BCUT2D eigenvalue weighted by Crippen LogP contribution is -1.88. The van der Waals surface area contributed by atoms with Gasteiger partial charge in [-0.15, -0.1) is 23.1 Å². The minimum Gasteiger partial charge on any atom is -0.481 e. The van der Waals surface area contributed by atoms with Crippen LogP contribution in [0.3, 0.4) is 0 Å². The van der Waals surface area contributed by atoms with Crippen LogP contribution < -0.4 is 0 Å². The normalized spacial score (nSPS) is 13.6. The lowest BCUT2D eigenvalue weighted by Gasteiger charge is -1.94. The first-order valence-electron chi connectivity index (χ1n) is 6.79. The zero-order valence-electron chi connectivity index (χ0n) is 12.6. The van der Waals surface area contributed by atoms with Crippen LogP contribution in [0.15, 0.2) is 39.6 Å². The second-order valence-electron chi connectivity index (χ2n) is 4.46. The minimum absolute atomic E-state index is 0.833. The SMILES string of the molecule is CC(=O)O.O=C(O)/C=C/Sc1ccc2nc(C3=NCCS3)sc2c1. The Balaban J connectivity index is 0.000000471. The summed E-state index contributed by atoms with van der Waals surface area (Å²) in [5.41, 5.74) is 0.965. The van der Waals surface area contributed by atoms with Crippen LogP contribution in [0, 0.1) is 0 Å². The van der Waals surface area contributed by atoms with E-state index in [1.54, 1.807) is 28.5 Å². The van der Waals surface area contributed by atoms with E-state index in [1.165, 1.54) is 11.8 Å². The highest BCUT2D eigenvalue weighted by Crippen LogP contribution is 2.31. The number of hydrogen-bond donors (Lipinski definition) is 2. The minimum atomic E-state index is -0.935. The second-order valence-corrected chi connectivity index (χ2v) is 7.56. The lowest BCUT2D eigenvalue weighted by atomic mass is 10.3. The van der Waals surface area contributed by atoms with Gasteiger partial charge in [-0.2, -0.15) is 0 Å². The molecule has 0 aliphatic carbocycles. The Kier molecular flexibility index (Phi) is 6.83. The highest BCUT2D eigenvalue weighted by atomic mass is 32.2. The number of aliphatic imine (C=N–C) groups is 1. The van der Waals surface area contributed by atoms with E-state index in [2.05, 4.69) is 9.98 Å². The number of carboxylic acids is 2. The van der Waals surface area contributed by atoms with E-state index >= 15 is 0 Å². The number of thioether (sulfide) groups is 2. The van der Waals surface area contributed by atoms with Gasteiger partial charge in [0, 0.05) is 30.2 Å². The first kappa shape index (κ1) is 18.5. The van der Waals surface area contributed by atoms with Crippen LogP contribution >= 0.6 is 34.9 Å². The van der Waals surface area contributed by atoms with Crippen molar-refractivity contribution >= 4 is 62.1 Å². The molecule has 0 amide bonds. The molecule has 1 aliphatic heterocycles. The van der Waals surface area contributed by atoms with Crippen LogP contribution in [0.4, 0.5) is 0 Å². The Hall–Kier alpha value is -1.84. The summed E-state index contributed by atoms with van der Waals surface area (Å²) >= 11 is 4.77. The summed E-state index contributed by atoms with van der Waals surface area (Å²) < 4.78 is 1.10. The fraction of sp³-hybridized carbons (Fsp3) is 0.200. The molecule has 3 rings (SSSR count). The molecule has 0 saturated heterocycles. The fourth-order valence-electron chi connectivity index (χ4n) is 1.71. The summed E-state index contributed by atoms with van der Waals surface area (Å²) in [6.07, 6.45) is 1.14. The van der Waals surface area contributed by atoms with Crippen molar-refractivity contribution in [1.82, 2.24) is 4.98 Å². The number of aromatic nitrogens is 1. The number of hydrogen-bond acceptors (Lipinski definition) is 7. The van der Waals surface area contributed by atoms with Gasteiger partial charge in [0.25, 0.3) is 5.97 Å². The summed E-state index contributed by atoms with van der Waals surface area (Å²) in [5.74, 6) is -0.735. The molecule has 0 fully saturated rings. The average Bonchev–Trinajstić information content (AvgIpc) is 3.15. The number of benzene rings is 1. The number of carbonyl (C=O) groups is 2. The molecule has 24 heavy (non-hydrogen) atoms. The maximum absolute atomic E-state index is 10.4. The van der Waals surface area contributed by atoms with Gasteiger partial charge < -0.3 is 10.2 Å². The topological polar surface area (TPSA) is 99.8 Å². The van der Waals surface area contributed by atoms with Crippen molar-refractivity contribution in [3.63, 3.8) is 0 Å². The van der Waals surface area contributed by atoms with Crippen molar-refractivity contribution in [3.05, 3.63) is 34.7 Å². The quantitative estimate of drug-likeness (QED) is 0.616. The molecule has 1 aromatic heterocycles. The van der Waals surface area contributed by atoms with Crippen molar-refractivity contribution < 1.29 is 19.8 Å². The molecular formula is C15H14N2O4S3. The number of thiazole rings is 1. The average molecular weight is 382 g/mol. The summed E-state index contributed by atoms with van der Waals surface area (Å²) in [5, 5.41) is 19.6. The highest BCUT2D eigenvalue weighted by Gasteiger charge is 2.14. The molecule has 2 heterocycles. The Labute approximate surface area is 150 Å². The molecule has 6 nitrogen and oxygen atoms in total. The van der Waals surface area contributed by atoms with Gasteiger partial charge in [-0.3, -0.25) is 9.79 Å². The summed E-state index contributed by atoms with van der Waals surface area (Å²) in [6, 6.07) is 5.95. The molecule has 0 unspecified atom stereocenters. The molecule has 9 heteroatoms. The van der Waals surface area contributed by atoms with Gasteiger partial charge in [0.1, 0.15) is 10.1 Å². The van der Waals surface area contributed by atoms with E-state index < -0.39 is 11.9 Å². The second kappa shape index (κ2) is 8.86. The molecular weight excluding hydrogens is 368 g/mol. The largest absolute Gasteiger partial charge is 0.481 e. The molecule has 1 aliphatic rings. The summed E-state index contributed by atoms with van der Waals surface area (Å²) in [6.45, 7) is 1.96. The highest BCUT2D eigenvalue weighted by molar-refractivity contribution is 8.15. The molecule has 126 valence electrons. The first-order valence-corrected chi connectivity index (χ1v) is 9.48. The van der Waals surface area contributed by atoms with Crippen molar-refractivity contribution in [3.8, 4) is 0 Å². The maximum Gasteiger partial charge on any atom is 0.328 e. The van der Waals surface area contributed by atoms with Crippen LogP contribution in [-0.4, -0.2) is 44.5 Å². The van der Waals surface area contributed by atoms with E-state index in [1.807, 2.05) is 18.2 Å². The standard InChI is InChI=1S/C13H10N2O2S3.C2H4O2/c16-11(17)3-5-18-8-1-2-9-10(7-8)20-13(15-9)12-14-4-6-19-12;1-2(3)4/h1-3,5,7H,4,6H2,(H,16,17);1H3,(H,3,4)/b5-3+;. The van der Waals surface area contributed by atoms with E-state index in [0.29, 0.717) is 0 Å². The van der Waals surface area contributed by atoms with Crippen LogP contribution in [0.5, 0.6) is 0 Å². The van der Waals surface area contributed by atoms with Crippen molar-refractivity contribution in [2.75, 3.05) is 12.3 Å². The first-order chi connectivity index (χ1) is 11.5. The smallest absolute Gasteiger partial charge is 0.328 e. The molecule has 0 saturated carbocycles. The fourth-order valence-corrected chi connectivity index (χ4v) is 4.39. The molecule has 0 atom stereocenters. The molecule has 1 aromatic carbocycles. The maximum atomic E-state index is 10.4. The van der Waals surface area contributed by atoms with E-state index in [-0.39, 0.29) is 0 Å². The number of carboxylic acid groups (broad SMARTS) is 2. The van der Waals surface area contributed by atoms with E-state index in [9.17, 15) is 4.79 Å². The zero-order valence-corrected chi connectivity index (χ0v) is 15.1. The number of aliphatic carboxylic acids is 2. The summed E-state index contributed by atoms with van der Waals surface area (Å²) in [7, 11) is 0. The Morgan fingerprint density at radius 2 is 2.08 bits per heavy atom. The van der Waals surface area contributed by atoms with Gasteiger partial charge in [-0.1, -0.05) is 11.8 Å². The van der Waals surface area contributed by atoms with Crippen molar-refractivity contribution in [1.29, 1.82) is 0 Å². The van der Waals surface area contributed by atoms with E-state index in [0.717, 1.165) is 50.5 Å². The monoisotopic (exact) mass is 382 g/mol. The van der Waals surface area contributed by atoms with Crippen LogP contribution in [0.2, 0.25) is 0 Å². The van der Waals surface area contributed by atoms with Gasteiger partial charge in [-0.05, 0) is 23.6 Å². The molecule has 2 aromatic rings. The van der Waals surface area contributed by atoms with Crippen LogP contribution in [-0.2, 0) is 9.59 Å². The van der Waals surface area contributed by atoms with Gasteiger partial charge in [-0.25, -0.2) is 9.78 Å². The third kappa shape index (κ3) is 5.66. The van der Waals surface area contributed by atoms with Crippen molar-refractivity contribution in [2.24, 2.45) is 4.99 Å². The third-order valence-electron chi connectivity index (χ3n) is 2.54. The van der Waals surface area contributed by atoms with E-state index in [4.69, 9.17) is 15.0 Å². The number of rotatable bonds is 4. The lowest BCUT2D eigenvalue weighted by molar-refractivity contribution is -0.134. The number of nitrogens with zero attached hydrogens (tertiary/aromatic N) is 2. The van der Waals surface area contributed by atoms with Crippen LogP contribution in [0.25, 0.3) is 10.2 Å². The number of fused-ring (bicyclic) bond motifs is 1. The third-order valence-corrected chi connectivity index (χ3v) is 5.48. The Morgan fingerprint density at radius 1 is 1.33 bits per heavy atom. The van der Waals surface area contributed by atoms with Gasteiger partial charge in [0.15, 0.2) is 0 Å². The predicted molar refractivity (Wildman–Crippen MR) is 99.4 cm³/mol. The van der Waals surface area contributed by atoms with Gasteiger partial charge in [0.05, 0.1) is 10.2 Å². The predicted octanol–water partition coefficient (Wildman–Crippen LogP) is 3.57. The van der Waals surface area contributed by atoms with Crippen LogP contribution in [0.1, 0.15) is 11.9 Å². The molecule has 2 N–H and O–H groups in total. The van der Waals surface area contributed by atoms with Crippen molar-refractivity contribution in [2.45, 2.75) is 11.8 Å². The van der Waals surface area contributed by atoms with Gasteiger partial charge in [0.2, 0.25) is 0 Å². The Morgan fingerprint density at radius 3 is 2.71 bits per heavy atom. The van der Waals surface area contributed by atoms with Gasteiger partial charge >= 0.3 is 5.97 Å². The zero-order chi connectivity index (χ0) is 17.5.